The van der Waals surface area contributed by atoms with Gasteiger partial charge in [-0.3, -0.25) is 14.0 Å². The molecule has 4 heterocycles. The Hall–Kier alpha value is -3.71. The molecular formula is C31H34F2N6O4S. The van der Waals surface area contributed by atoms with Gasteiger partial charge in [0.15, 0.2) is 21.3 Å². The Balaban J connectivity index is 1.34. The first kappa shape index (κ1) is 29.0. The van der Waals surface area contributed by atoms with Crippen LogP contribution in [-0.2, 0) is 25.8 Å². The van der Waals surface area contributed by atoms with E-state index in [9.17, 15) is 22.0 Å². The quantitative estimate of drug-likeness (QED) is 0.220. The van der Waals surface area contributed by atoms with Crippen LogP contribution in [0.5, 0.6) is 0 Å². The number of benzene rings is 1. The highest BCUT2D eigenvalue weighted by Crippen LogP contribution is 2.40. The minimum absolute atomic E-state index is 0.00997. The number of carbonyl (C=O) groups excluding carboxylic acids is 1. The van der Waals surface area contributed by atoms with E-state index < -0.39 is 28.3 Å². The summed E-state index contributed by atoms with van der Waals surface area (Å²) in [6.07, 6.45) is 5.33. The number of halogens is 2. The largest absolute Gasteiger partial charge is 0.358 e. The highest BCUT2D eigenvalue weighted by Gasteiger charge is 2.32. The van der Waals surface area contributed by atoms with Crippen LogP contribution in [0.2, 0.25) is 0 Å². The van der Waals surface area contributed by atoms with E-state index in [1.165, 1.54) is 4.57 Å². The van der Waals surface area contributed by atoms with Gasteiger partial charge in [-0.15, -0.1) is 0 Å². The van der Waals surface area contributed by atoms with E-state index in [-0.39, 0.29) is 39.9 Å². The third-order valence-corrected chi connectivity index (χ3v) is 9.79. The molecule has 0 radical (unpaired) electrons. The second-order valence-electron chi connectivity index (χ2n) is 12.1. The number of hydrogen-bond donors (Lipinski definition) is 1. The highest BCUT2D eigenvalue weighted by molar-refractivity contribution is 7.90. The molecule has 1 atom stereocenters. The third-order valence-electron chi connectivity index (χ3n) is 8.65. The predicted octanol–water partition coefficient (Wildman–Crippen LogP) is 6.24. The number of imidazole rings is 1. The van der Waals surface area contributed by atoms with Crippen molar-refractivity contribution in [2.45, 2.75) is 81.9 Å². The van der Waals surface area contributed by atoms with Gasteiger partial charge in [-0.25, -0.2) is 27.2 Å². The Kier molecular flexibility index (Phi) is 7.27. The van der Waals surface area contributed by atoms with Crippen molar-refractivity contribution in [1.82, 2.24) is 24.3 Å². The van der Waals surface area contributed by atoms with E-state index >= 15 is 0 Å². The fourth-order valence-electron chi connectivity index (χ4n) is 6.05. The first-order valence-electron chi connectivity index (χ1n) is 15.1. The lowest BCUT2D eigenvalue weighted by atomic mass is 10.1. The second-order valence-corrected chi connectivity index (χ2v) is 14.1. The number of aromatic nitrogens is 5. The average Bonchev–Trinajstić information content (AvgIpc) is 3.93. The molecule has 1 saturated heterocycles. The molecule has 1 unspecified atom stereocenters. The topological polar surface area (TPSA) is 121 Å². The van der Waals surface area contributed by atoms with Crippen molar-refractivity contribution in [3.8, 4) is 11.1 Å². The molecule has 10 nitrogen and oxygen atoms in total. The number of nitrogens with one attached hydrogen (secondary N) is 1. The molecule has 3 aromatic heterocycles. The smallest absolute Gasteiger partial charge is 0.295 e. The maximum Gasteiger partial charge on any atom is 0.295 e. The first-order chi connectivity index (χ1) is 21.1. The molecule has 0 amide bonds. The van der Waals surface area contributed by atoms with Crippen molar-refractivity contribution in [2.75, 3.05) is 18.2 Å². The molecule has 232 valence electrons. The van der Waals surface area contributed by atoms with Crippen LogP contribution in [0.1, 0.15) is 80.9 Å². The Bertz CT molecular complexity index is 1870. The number of fused-ring (bicyclic) bond motifs is 1. The Morgan fingerprint density at radius 3 is 2.55 bits per heavy atom. The molecule has 4 aromatic rings. The van der Waals surface area contributed by atoms with Crippen molar-refractivity contribution in [1.29, 1.82) is 0 Å². The Labute approximate surface area is 253 Å². The maximum atomic E-state index is 14.4. The molecule has 13 heteroatoms. The molecular weight excluding hydrogens is 590 g/mol. The van der Waals surface area contributed by atoms with E-state index in [2.05, 4.69) is 20.4 Å². The SMILES string of the molecule is Cc1c(-c2ccc(Nc3cc(CC(=O)C4CC4)nc4c3nc(C(F)F)n4C3CCCCO3)c(S(C)(=O)=O)c2)cnn1C1CC1. The molecule has 44 heavy (non-hydrogen) atoms. The summed E-state index contributed by atoms with van der Waals surface area (Å²) in [5, 5.41) is 7.70. The van der Waals surface area contributed by atoms with Crippen molar-refractivity contribution < 1.29 is 26.7 Å². The molecule has 2 saturated carbocycles. The monoisotopic (exact) mass is 624 g/mol. The number of carbonyl (C=O) groups is 1. The number of ether oxygens (including phenoxy) is 1. The van der Waals surface area contributed by atoms with Crippen LogP contribution < -0.4 is 5.32 Å². The van der Waals surface area contributed by atoms with Crippen LogP contribution >= 0.6 is 0 Å². The van der Waals surface area contributed by atoms with Crippen molar-refractivity contribution in [3.05, 3.63) is 47.7 Å². The van der Waals surface area contributed by atoms with Gasteiger partial charge in [0.1, 0.15) is 17.5 Å². The zero-order valence-corrected chi connectivity index (χ0v) is 25.4. The van der Waals surface area contributed by atoms with Crippen LogP contribution in [0, 0.1) is 12.8 Å². The molecule has 0 bridgehead atoms. The maximum absolute atomic E-state index is 14.4. The Morgan fingerprint density at radius 1 is 1.09 bits per heavy atom. The molecule has 7 rings (SSSR count). The number of nitrogens with zero attached hydrogens (tertiary/aromatic N) is 5. The number of rotatable bonds is 10. The fraction of sp³-hybridized carbons (Fsp3) is 0.484. The summed E-state index contributed by atoms with van der Waals surface area (Å²) < 4.78 is 64.2. The van der Waals surface area contributed by atoms with Gasteiger partial charge in [-0.05, 0) is 75.6 Å². The summed E-state index contributed by atoms with van der Waals surface area (Å²) in [5.74, 6) is -0.445. The van der Waals surface area contributed by atoms with Crippen molar-refractivity contribution in [3.63, 3.8) is 0 Å². The van der Waals surface area contributed by atoms with E-state index in [0.717, 1.165) is 56.0 Å². The van der Waals surface area contributed by atoms with Crippen LogP contribution in [0.3, 0.4) is 0 Å². The summed E-state index contributed by atoms with van der Waals surface area (Å²) in [4.78, 5) is 21.8. The van der Waals surface area contributed by atoms with Gasteiger partial charge in [0, 0.05) is 36.5 Å². The van der Waals surface area contributed by atoms with Gasteiger partial charge in [-0.1, -0.05) is 6.07 Å². The van der Waals surface area contributed by atoms with Crippen molar-refractivity contribution >= 4 is 38.2 Å². The normalized spacial score (nSPS) is 19.2. The zero-order chi connectivity index (χ0) is 30.7. The van der Waals surface area contributed by atoms with Gasteiger partial charge in [-0.2, -0.15) is 5.10 Å². The van der Waals surface area contributed by atoms with E-state index in [4.69, 9.17) is 4.74 Å². The second kappa shape index (κ2) is 11.0. The Morgan fingerprint density at radius 2 is 1.89 bits per heavy atom. The van der Waals surface area contributed by atoms with Crippen LogP contribution in [0.15, 0.2) is 35.4 Å². The average molecular weight is 625 g/mol. The molecule has 3 fully saturated rings. The molecule has 3 aliphatic rings. The fourth-order valence-corrected chi connectivity index (χ4v) is 6.91. The summed E-state index contributed by atoms with van der Waals surface area (Å²) in [6, 6.07) is 7.07. The van der Waals surface area contributed by atoms with E-state index in [0.29, 0.717) is 36.0 Å². The number of alkyl halides is 2. The molecule has 0 spiro atoms. The number of sulfone groups is 1. The lowest BCUT2D eigenvalue weighted by Crippen LogP contribution is -2.21. The summed E-state index contributed by atoms with van der Waals surface area (Å²) in [5.41, 5.74) is 3.79. The zero-order valence-electron chi connectivity index (χ0n) is 24.6. The minimum atomic E-state index is -3.74. The van der Waals surface area contributed by atoms with E-state index in [1.54, 1.807) is 24.4 Å². The van der Waals surface area contributed by atoms with E-state index in [1.807, 2.05) is 17.7 Å². The van der Waals surface area contributed by atoms with Gasteiger partial charge in [0.2, 0.25) is 0 Å². The van der Waals surface area contributed by atoms with Gasteiger partial charge < -0.3 is 10.1 Å². The van der Waals surface area contributed by atoms with Crippen LogP contribution in [-0.4, -0.2) is 51.4 Å². The van der Waals surface area contributed by atoms with Crippen LogP contribution in [0.4, 0.5) is 20.2 Å². The summed E-state index contributed by atoms with van der Waals surface area (Å²) in [7, 11) is -3.74. The molecule has 1 aromatic carbocycles. The van der Waals surface area contributed by atoms with Gasteiger partial charge in [0.05, 0.1) is 34.2 Å². The molecule has 1 N–H and O–H groups in total. The van der Waals surface area contributed by atoms with Crippen LogP contribution in [0.25, 0.3) is 22.3 Å². The third kappa shape index (κ3) is 5.51. The molecule has 1 aliphatic heterocycles. The summed E-state index contributed by atoms with van der Waals surface area (Å²) in [6.45, 7) is 2.40. The number of anilines is 2. The summed E-state index contributed by atoms with van der Waals surface area (Å²) >= 11 is 0. The lowest BCUT2D eigenvalue weighted by molar-refractivity contribution is -0.119. The highest BCUT2D eigenvalue weighted by atomic mass is 32.2. The number of pyridine rings is 1. The lowest BCUT2D eigenvalue weighted by Gasteiger charge is -2.25. The number of ketones is 1. The standard InChI is InChI=1S/C31H34F2N6O4S/c1-17-22(16-34-39(17)21-9-10-21)19-8-11-23(26(13-19)44(2,41)42)36-24-14-20(15-25(40)18-6-7-18)35-30-28(24)37-31(29(32)33)38(30)27-5-3-4-12-43-27/h8,11,13-14,16,18,21,27,29H,3-7,9-10,12,15H2,1-2H3,(H,35,36). The molecule has 2 aliphatic carbocycles. The van der Waals surface area contributed by atoms with Crippen molar-refractivity contribution in [2.24, 2.45) is 5.92 Å². The van der Waals surface area contributed by atoms with Gasteiger partial charge in [0.25, 0.3) is 6.43 Å². The first-order valence-corrected chi connectivity index (χ1v) is 17.0. The number of Topliss-reactive ketones (excluding diaryl/α,β-unsaturated/α-hetero) is 1. The number of hydrogen-bond acceptors (Lipinski definition) is 8. The minimum Gasteiger partial charge on any atom is -0.358 e. The predicted molar refractivity (Wildman–Crippen MR) is 160 cm³/mol. The van der Waals surface area contributed by atoms with Gasteiger partial charge >= 0.3 is 0 Å².